The second kappa shape index (κ2) is 48.1. The van der Waals surface area contributed by atoms with Crippen LogP contribution in [0.4, 0.5) is 0 Å². The van der Waals surface area contributed by atoms with Crippen molar-refractivity contribution in [1.82, 2.24) is 15.5 Å². The Balaban J connectivity index is 0.0000108. The molecule has 24 nitrogen and oxygen atoms in total. The van der Waals surface area contributed by atoms with E-state index in [9.17, 15) is 63.7 Å². The monoisotopic (exact) mass is 1220 g/mol. The Bertz CT molecular complexity index is 1860. The fourth-order valence-corrected chi connectivity index (χ4v) is 10.1. The number of aliphatic carboxylic acids is 1. The number of primary amides is 1. The number of nitrogens with zero attached hydrogens (tertiary/aromatic N) is 1. The van der Waals surface area contributed by atoms with Gasteiger partial charge in [-0.25, -0.2) is 4.79 Å². The van der Waals surface area contributed by atoms with Crippen LogP contribution in [0.25, 0.3) is 0 Å². The van der Waals surface area contributed by atoms with Crippen molar-refractivity contribution >= 4 is 49.6 Å². The summed E-state index contributed by atoms with van der Waals surface area (Å²) in [7, 11) is -1.98. The molecule has 0 bridgehead atoms. The highest BCUT2D eigenvalue weighted by Crippen LogP contribution is 2.26. The van der Waals surface area contributed by atoms with Crippen LogP contribution in [0.2, 0.25) is 0 Å². The lowest BCUT2D eigenvalue weighted by molar-refractivity contribution is -0.268. The lowest BCUT2D eigenvalue weighted by Crippen LogP contribution is -2.66. The quantitative estimate of drug-likeness (QED) is 0.0202. The minimum atomic E-state index is -2.27. The molecule has 3 unspecified atom stereocenters. The van der Waals surface area contributed by atoms with Gasteiger partial charge in [-0.15, -0.1) is 0 Å². The number of nitrogens with two attached hydrogens (primary N) is 3. The molecule has 1 aliphatic rings. The zero-order valence-corrected chi connectivity index (χ0v) is 52.6. The van der Waals surface area contributed by atoms with E-state index in [2.05, 4.69) is 24.5 Å². The first-order chi connectivity index (χ1) is 39.9. The number of carbonyl (C=O) groups is 7. The second-order valence-corrected chi connectivity index (χ2v) is 23.8. The van der Waals surface area contributed by atoms with E-state index >= 15 is 0 Å². The van der Waals surface area contributed by atoms with Gasteiger partial charge in [-0.1, -0.05) is 168 Å². The standard InChI is InChI=1S/C57H105N5O16.C2H6NO2P/c1-7-9-11-13-15-17-19-21-23-25-27-29-31-33-47(67)76-45(39-64)52(78-48(68)34-32-30-28-26-24-22-20-18-16-14-12-10-8-2)57(6,59)56(74)61-43(53(58)70)35-36-46(66)62(41(4)54(71)72)37-40(3)75-51-49(60-42(5)65)55(73)77-44(38-63)50(51)69;3-1-2-6(4)5/h40-41,43-45,49-52,55,63-64,69,73H,7-39,59H2,1-6H3,(H2,58,70)(H,60,65)(H,61,74)(H,71,72);1-3H2/p+1/t40?,41-,43+,44+,45-,49+,50+,51+,52?,55-,57+;/m0./s1. The highest BCUT2D eigenvalue weighted by Gasteiger charge is 2.49. The first kappa shape index (κ1) is 80.0. The number of ether oxygens (including phenoxy) is 4. The summed E-state index contributed by atoms with van der Waals surface area (Å²) in [6.07, 6.45) is 17.4. The largest absolute Gasteiger partial charge is 0.506 e. The molecule has 1 fully saturated rings. The second-order valence-electron chi connectivity index (χ2n) is 22.7. The fourth-order valence-electron chi connectivity index (χ4n) is 9.86. The molecule has 0 saturated carbocycles. The third-order valence-electron chi connectivity index (χ3n) is 15.0. The van der Waals surface area contributed by atoms with Crippen LogP contribution in [-0.4, -0.2) is 176 Å². The number of esters is 2. The maximum atomic E-state index is 14.2. The Morgan fingerprint density at radius 1 is 0.714 bits per heavy atom. The van der Waals surface area contributed by atoms with Gasteiger partial charge in [-0.2, -0.15) is 4.89 Å². The molecule has 25 heteroatoms. The zero-order valence-electron chi connectivity index (χ0n) is 51.7. The average Bonchev–Trinajstić information content (AvgIpc) is 2.88. The van der Waals surface area contributed by atoms with Gasteiger partial charge in [0, 0.05) is 39.3 Å². The van der Waals surface area contributed by atoms with Gasteiger partial charge in [-0.05, 0) is 44.6 Å². The number of carboxylic acid groups (broad SMARTS) is 1. The maximum absolute atomic E-state index is 14.2. The number of rotatable bonds is 49. The number of amides is 4. The molecule has 0 radical (unpaired) electrons. The number of nitrogens with one attached hydrogen (secondary N) is 2. The van der Waals surface area contributed by atoms with Crippen molar-refractivity contribution in [3.05, 3.63) is 0 Å². The Hall–Kier alpha value is -3.97. The smallest absolute Gasteiger partial charge is 0.480 e. The van der Waals surface area contributed by atoms with Gasteiger partial charge in [0.05, 0.1) is 19.3 Å². The predicted molar refractivity (Wildman–Crippen MR) is 319 cm³/mol. The number of carboxylic acids is 1. The number of carbonyl (C=O) groups excluding carboxylic acids is 6. The molecule has 84 heavy (non-hydrogen) atoms. The maximum Gasteiger partial charge on any atom is 0.506 e. The Labute approximate surface area is 501 Å². The lowest BCUT2D eigenvalue weighted by atomic mass is 9.89. The summed E-state index contributed by atoms with van der Waals surface area (Å²) in [5, 5.41) is 56.6. The van der Waals surface area contributed by atoms with E-state index in [0.29, 0.717) is 19.4 Å². The molecule has 12 atom stereocenters. The van der Waals surface area contributed by atoms with Gasteiger partial charge in [-0.3, -0.25) is 28.8 Å². The van der Waals surface area contributed by atoms with Gasteiger partial charge < -0.3 is 77.2 Å². The average molecular weight is 1220 g/mol. The van der Waals surface area contributed by atoms with Crippen molar-refractivity contribution in [3.63, 3.8) is 0 Å². The van der Waals surface area contributed by atoms with E-state index in [-0.39, 0.29) is 19.0 Å². The van der Waals surface area contributed by atoms with Gasteiger partial charge in [0.1, 0.15) is 42.0 Å². The van der Waals surface area contributed by atoms with E-state index in [1.165, 1.54) is 117 Å². The molecule has 0 spiro atoms. The molecule has 0 aromatic carbocycles. The molecule has 4 amide bonds. The van der Waals surface area contributed by atoms with Gasteiger partial charge >= 0.3 is 25.9 Å². The topological polar surface area (TPSA) is 400 Å². The Morgan fingerprint density at radius 3 is 1.52 bits per heavy atom. The van der Waals surface area contributed by atoms with Crippen molar-refractivity contribution in [2.45, 2.75) is 301 Å². The van der Waals surface area contributed by atoms with E-state index < -0.39 is 149 Å². The Kier molecular flexibility index (Phi) is 45.8. The molecular formula is C59H112N6O18P+. The molecule has 0 aromatic rings. The number of aliphatic hydroxyl groups is 4. The Morgan fingerprint density at radius 2 is 1.15 bits per heavy atom. The van der Waals surface area contributed by atoms with E-state index in [1.54, 1.807) is 0 Å². The lowest BCUT2D eigenvalue weighted by Gasteiger charge is -2.43. The molecule has 0 aliphatic carbocycles. The zero-order chi connectivity index (χ0) is 63.5. The SMILES string of the molecule is CCCCCCCCCCCCCCCC(=O)OC([C@H](CO)OC(=O)CCCCCCCCCCCCCCC)[C@@](C)(N)C(=O)N[C@H](CCC(=O)N(CC(C)O[C@H]1[C@H](O)[C@@H](CO)O[C@H](O)[C@@H]1NC(C)=O)[C@@H](C)C(=O)O)C(N)=O.NCC[P+](=O)O. The number of unbranched alkanes of at least 4 members (excludes halogenated alkanes) is 24. The van der Waals surface area contributed by atoms with Crippen molar-refractivity contribution in [1.29, 1.82) is 0 Å². The van der Waals surface area contributed by atoms with Crippen molar-refractivity contribution in [3.8, 4) is 0 Å². The fraction of sp³-hybridized carbons (Fsp3) is 0.881. The van der Waals surface area contributed by atoms with Gasteiger partial charge in [0.15, 0.2) is 24.7 Å². The first-order valence-corrected chi connectivity index (χ1v) is 32.6. The molecule has 1 heterocycles. The van der Waals surface area contributed by atoms with Gasteiger partial charge in [0.25, 0.3) is 0 Å². The predicted octanol–water partition coefficient (Wildman–Crippen LogP) is 5.56. The van der Waals surface area contributed by atoms with Crippen LogP contribution in [-0.2, 0) is 57.1 Å². The summed E-state index contributed by atoms with van der Waals surface area (Å²) in [5.41, 5.74) is 15.0. The van der Waals surface area contributed by atoms with Crippen LogP contribution < -0.4 is 27.8 Å². The van der Waals surface area contributed by atoms with Crippen molar-refractivity contribution < 1.29 is 87.5 Å². The molecule has 490 valence electrons. The van der Waals surface area contributed by atoms with Gasteiger partial charge in [0.2, 0.25) is 23.6 Å². The van der Waals surface area contributed by atoms with Crippen molar-refractivity contribution in [2.24, 2.45) is 17.2 Å². The summed E-state index contributed by atoms with van der Waals surface area (Å²) in [5.74, 6) is -6.49. The highest BCUT2D eigenvalue weighted by atomic mass is 31.1. The summed E-state index contributed by atoms with van der Waals surface area (Å²) >= 11 is 0. The summed E-state index contributed by atoms with van der Waals surface area (Å²) in [4.78, 5) is 101. The molecule has 14 N–H and O–H groups in total. The van der Waals surface area contributed by atoms with Crippen LogP contribution in [0, 0.1) is 0 Å². The van der Waals surface area contributed by atoms with E-state index in [4.69, 9.17) is 41.0 Å². The normalized spacial score (nSPS) is 19.4. The molecule has 0 aromatic heterocycles. The molecule has 1 aliphatic heterocycles. The van der Waals surface area contributed by atoms with Crippen LogP contribution in [0.15, 0.2) is 0 Å². The number of hydrogen-bond donors (Lipinski definition) is 11. The van der Waals surface area contributed by atoms with Crippen LogP contribution >= 0.6 is 8.03 Å². The molecule has 1 saturated heterocycles. The minimum absolute atomic E-state index is 0.00392. The minimum Gasteiger partial charge on any atom is -0.480 e. The number of aliphatic hydroxyl groups excluding tert-OH is 4. The van der Waals surface area contributed by atoms with Crippen LogP contribution in [0.1, 0.15) is 234 Å². The summed E-state index contributed by atoms with van der Waals surface area (Å²) in [6.45, 7) is 7.69. The van der Waals surface area contributed by atoms with Crippen LogP contribution in [0.5, 0.6) is 0 Å². The summed E-state index contributed by atoms with van der Waals surface area (Å²) < 4.78 is 32.3. The van der Waals surface area contributed by atoms with Crippen LogP contribution in [0.3, 0.4) is 0 Å². The van der Waals surface area contributed by atoms with Crippen molar-refractivity contribution in [2.75, 3.05) is 32.5 Å². The van der Waals surface area contributed by atoms with E-state index in [0.717, 1.165) is 69.6 Å². The third-order valence-corrected chi connectivity index (χ3v) is 15.6. The number of hydrogen-bond acceptors (Lipinski definition) is 18. The first-order valence-electron chi connectivity index (χ1n) is 31.2. The van der Waals surface area contributed by atoms with E-state index in [1.807, 2.05) is 0 Å². The summed E-state index contributed by atoms with van der Waals surface area (Å²) in [6, 6.07) is -4.39. The molecular weight excluding hydrogens is 1110 g/mol. The highest BCUT2D eigenvalue weighted by molar-refractivity contribution is 7.38. The molecule has 1 rings (SSSR count). The third kappa shape index (κ3) is 35.6.